The van der Waals surface area contributed by atoms with Crippen molar-refractivity contribution in [3.8, 4) is 5.75 Å². The van der Waals surface area contributed by atoms with Crippen molar-refractivity contribution in [1.82, 2.24) is 4.98 Å². The number of aromatic nitrogens is 1. The summed E-state index contributed by atoms with van der Waals surface area (Å²) in [6.45, 7) is 4.03. The first-order valence-corrected chi connectivity index (χ1v) is 7.58. The molecule has 0 fully saturated rings. The van der Waals surface area contributed by atoms with E-state index in [-0.39, 0.29) is 22.4 Å². The van der Waals surface area contributed by atoms with Gasteiger partial charge in [0.05, 0.1) is 16.0 Å². The second kappa shape index (κ2) is 5.70. The molecule has 1 aliphatic rings. The number of rotatable bonds is 3. The molecule has 2 aromatic rings. The molecule has 1 aromatic carbocycles. The summed E-state index contributed by atoms with van der Waals surface area (Å²) in [5.74, 6) is 1.24. The van der Waals surface area contributed by atoms with Crippen molar-refractivity contribution < 1.29 is 9.66 Å². The highest BCUT2D eigenvalue weighted by Crippen LogP contribution is 2.41. The minimum absolute atomic E-state index is 0.0404. The number of pyridine rings is 1. The Kier molecular flexibility index (Phi) is 3.85. The third-order valence-electron chi connectivity index (χ3n) is 3.72. The van der Waals surface area contributed by atoms with Crippen molar-refractivity contribution in [2.75, 3.05) is 5.32 Å². The number of anilines is 1. The average Bonchev–Trinajstić information content (AvgIpc) is 2.48. The van der Waals surface area contributed by atoms with Gasteiger partial charge in [-0.2, -0.15) is 0 Å². The highest BCUT2D eigenvalue weighted by molar-refractivity contribution is 6.33. The number of nitro groups is 1. The van der Waals surface area contributed by atoms with Gasteiger partial charge in [0.25, 0.3) is 5.69 Å². The second-order valence-corrected chi connectivity index (χ2v) is 6.49. The summed E-state index contributed by atoms with van der Waals surface area (Å²) in [6, 6.07) is 9.04. The molecule has 1 aromatic heterocycles. The molecule has 0 aliphatic carbocycles. The molecule has 120 valence electrons. The van der Waals surface area contributed by atoms with Gasteiger partial charge in [-0.05, 0) is 19.9 Å². The first-order chi connectivity index (χ1) is 10.9. The Morgan fingerprint density at radius 3 is 2.87 bits per heavy atom. The Hall–Kier alpha value is -2.34. The van der Waals surface area contributed by atoms with Crippen molar-refractivity contribution >= 4 is 23.1 Å². The number of hydrogen-bond acceptors (Lipinski definition) is 5. The fourth-order valence-electron chi connectivity index (χ4n) is 2.73. The third-order valence-corrected chi connectivity index (χ3v) is 4.01. The predicted molar refractivity (Wildman–Crippen MR) is 88.0 cm³/mol. The summed E-state index contributed by atoms with van der Waals surface area (Å²) in [6.07, 6.45) is 1.92. The molecular formula is C16H16ClN3O3. The normalized spacial score (nSPS) is 18.7. The SMILES string of the molecule is CC1(C)CC(Nc2ncc([N+](=O)[O-])cc2Cl)c2ccccc2O1. The molecule has 6 nitrogen and oxygen atoms in total. The van der Waals surface area contributed by atoms with Gasteiger partial charge in [-0.1, -0.05) is 29.8 Å². The van der Waals surface area contributed by atoms with Gasteiger partial charge in [-0.3, -0.25) is 10.1 Å². The van der Waals surface area contributed by atoms with Crippen LogP contribution in [0.3, 0.4) is 0 Å². The Balaban J connectivity index is 1.92. The number of hydrogen-bond donors (Lipinski definition) is 1. The van der Waals surface area contributed by atoms with E-state index in [1.807, 2.05) is 38.1 Å². The van der Waals surface area contributed by atoms with E-state index in [0.717, 1.165) is 17.7 Å². The summed E-state index contributed by atoms with van der Waals surface area (Å²) >= 11 is 6.13. The van der Waals surface area contributed by atoms with Crippen LogP contribution in [0.15, 0.2) is 36.5 Å². The second-order valence-electron chi connectivity index (χ2n) is 6.08. The number of ether oxygens (including phenoxy) is 1. The molecule has 3 rings (SSSR count). The van der Waals surface area contributed by atoms with Gasteiger partial charge in [-0.15, -0.1) is 0 Å². The molecule has 1 unspecified atom stereocenters. The zero-order valence-corrected chi connectivity index (χ0v) is 13.5. The summed E-state index contributed by atoms with van der Waals surface area (Å²) in [4.78, 5) is 14.3. The zero-order chi connectivity index (χ0) is 16.6. The lowest BCUT2D eigenvalue weighted by Crippen LogP contribution is -2.37. The largest absolute Gasteiger partial charge is 0.487 e. The van der Waals surface area contributed by atoms with E-state index in [1.54, 1.807) is 0 Å². The van der Waals surface area contributed by atoms with Crippen LogP contribution >= 0.6 is 11.6 Å². The smallest absolute Gasteiger partial charge is 0.289 e. The maximum Gasteiger partial charge on any atom is 0.289 e. The van der Waals surface area contributed by atoms with Crippen LogP contribution in [0.1, 0.15) is 31.9 Å². The lowest BCUT2D eigenvalue weighted by atomic mass is 9.90. The number of fused-ring (bicyclic) bond motifs is 1. The van der Waals surface area contributed by atoms with Gasteiger partial charge in [0.1, 0.15) is 23.4 Å². The van der Waals surface area contributed by atoms with E-state index in [4.69, 9.17) is 16.3 Å². The Labute approximate surface area is 138 Å². The molecule has 0 radical (unpaired) electrons. The summed E-state index contributed by atoms with van der Waals surface area (Å²) in [5, 5.41) is 14.3. The minimum atomic E-state index is -0.518. The quantitative estimate of drug-likeness (QED) is 0.667. The van der Waals surface area contributed by atoms with Gasteiger partial charge in [-0.25, -0.2) is 4.98 Å². The molecule has 1 atom stereocenters. The topological polar surface area (TPSA) is 77.3 Å². The lowest BCUT2D eigenvalue weighted by Gasteiger charge is -2.38. The van der Waals surface area contributed by atoms with E-state index < -0.39 is 4.92 Å². The first-order valence-electron chi connectivity index (χ1n) is 7.20. The van der Waals surface area contributed by atoms with Gasteiger partial charge >= 0.3 is 0 Å². The minimum Gasteiger partial charge on any atom is -0.487 e. The summed E-state index contributed by atoms with van der Waals surface area (Å²) < 4.78 is 5.99. The maximum absolute atomic E-state index is 10.8. The average molecular weight is 334 g/mol. The predicted octanol–water partition coefficient (Wildman–Crippen LogP) is 4.36. The maximum atomic E-state index is 10.8. The van der Waals surface area contributed by atoms with Crippen LogP contribution in [0.4, 0.5) is 11.5 Å². The van der Waals surface area contributed by atoms with E-state index in [1.165, 1.54) is 12.3 Å². The zero-order valence-electron chi connectivity index (χ0n) is 12.7. The summed E-state index contributed by atoms with van der Waals surface area (Å²) in [5.41, 5.74) is 0.551. The molecule has 7 heteroatoms. The number of benzene rings is 1. The van der Waals surface area contributed by atoms with E-state index in [2.05, 4.69) is 10.3 Å². The van der Waals surface area contributed by atoms with Crippen LogP contribution in [-0.4, -0.2) is 15.5 Å². The van der Waals surface area contributed by atoms with Crippen molar-refractivity contribution in [2.24, 2.45) is 0 Å². The number of nitrogens with one attached hydrogen (secondary N) is 1. The Morgan fingerprint density at radius 2 is 2.17 bits per heavy atom. The highest BCUT2D eigenvalue weighted by atomic mass is 35.5. The van der Waals surface area contributed by atoms with Crippen molar-refractivity contribution in [3.05, 3.63) is 57.2 Å². The first kappa shape index (κ1) is 15.6. The molecule has 0 saturated carbocycles. The van der Waals surface area contributed by atoms with Gasteiger partial charge in [0, 0.05) is 18.1 Å². The lowest BCUT2D eigenvalue weighted by molar-refractivity contribution is -0.385. The summed E-state index contributed by atoms with van der Waals surface area (Å²) in [7, 11) is 0. The van der Waals surface area contributed by atoms with Crippen LogP contribution in [0.25, 0.3) is 0 Å². The van der Waals surface area contributed by atoms with Gasteiger partial charge in [0.2, 0.25) is 0 Å². The third kappa shape index (κ3) is 3.22. The molecule has 1 N–H and O–H groups in total. The molecular weight excluding hydrogens is 318 g/mol. The number of nitrogens with zero attached hydrogens (tertiary/aromatic N) is 2. The molecule has 0 amide bonds. The van der Waals surface area contributed by atoms with E-state index in [0.29, 0.717) is 5.82 Å². The molecule has 0 spiro atoms. The Bertz CT molecular complexity index is 764. The van der Waals surface area contributed by atoms with Crippen LogP contribution < -0.4 is 10.1 Å². The van der Waals surface area contributed by atoms with Crippen molar-refractivity contribution in [1.29, 1.82) is 0 Å². The van der Waals surface area contributed by atoms with Crippen LogP contribution in [-0.2, 0) is 0 Å². The van der Waals surface area contributed by atoms with E-state index >= 15 is 0 Å². The number of halogens is 1. The molecule has 0 bridgehead atoms. The molecule has 1 aliphatic heterocycles. The fraction of sp³-hybridized carbons (Fsp3) is 0.312. The van der Waals surface area contributed by atoms with Crippen LogP contribution in [0.5, 0.6) is 5.75 Å². The molecule has 2 heterocycles. The number of para-hydroxylation sites is 1. The van der Waals surface area contributed by atoms with Gasteiger partial charge < -0.3 is 10.1 Å². The van der Waals surface area contributed by atoms with Crippen molar-refractivity contribution in [2.45, 2.75) is 31.9 Å². The van der Waals surface area contributed by atoms with Crippen LogP contribution in [0.2, 0.25) is 5.02 Å². The van der Waals surface area contributed by atoms with E-state index in [9.17, 15) is 10.1 Å². The molecule has 0 saturated heterocycles. The fourth-order valence-corrected chi connectivity index (χ4v) is 2.95. The monoisotopic (exact) mass is 333 g/mol. The van der Waals surface area contributed by atoms with Crippen molar-refractivity contribution in [3.63, 3.8) is 0 Å². The van der Waals surface area contributed by atoms with Gasteiger partial charge in [0.15, 0.2) is 0 Å². The highest BCUT2D eigenvalue weighted by Gasteiger charge is 2.34. The standard InChI is InChI=1S/C16H16ClN3O3/c1-16(2)8-13(11-5-3-4-6-14(11)23-16)19-15-12(17)7-10(9-18-15)20(21)22/h3-7,9,13H,8H2,1-2H3,(H,18,19). The Morgan fingerprint density at radius 1 is 1.43 bits per heavy atom. The van der Waals surface area contributed by atoms with Crippen LogP contribution in [0, 0.1) is 10.1 Å². The molecule has 23 heavy (non-hydrogen) atoms.